The molecule has 0 aliphatic heterocycles. The molecule has 0 saturated heterocycles. The summed E-state index contributed by atoms with van der Waals surface area (Å²) in [7, 11) is -3.52. The van der Waals surface area contributed by atoms with E-state index in [-0.39, 0.29) is 10.3 Å². The lowest BCUT2D eigenvalue weighted by Gasteiger charge is -2.19. The van der Waals surface area contributed by atoms with Gasteiger partial charge in [-0.25, -0.2) is 13.1 Å². The maximum absolute atomic E-state index is 12.4. The third-order valence-corrected chi connectivity index (χ3v) is 4.76. The summed E-state index contributed by atoms with van der Waals surface area (Å²) in [6, 6.07) is 0.519. The van der Waals surface area contributed by atoms with Crippen LogP contribution in [0.2, 0.25) is 0 Å². The van der Waals surface area contributed by atoms with E-state index in [9.17, 15) is 8.42 Å². The number of nitrogens with zero attached hydrogens (tertiary/aromatic N) is 1. The molecule has 3 N–H and O–H groups in total. The minimum absolute atomic E-state index is 0.100. The zero-order valence-corrected chi connectivity index (χ0v) is 13.4. The molecule has 0 atom stereocenters. The normalized spacial score (nSPS) is 16.6. The zero-order valence-electron chi connectivity index (χ0n) is 12.6. The largest absolute Gasteiger partial charge is 0.308 e. The van der Waals surface area contributed by atoms with Crippen LogP contribution in [0.5, 0.6) is 0 Å². The quantitative estimate of drug-likeness (QED) is 0.739. The predicted octanol–water partition coefficient (Wildman–Crippen LogP) is 1.29. The van der Waals surface area contributed by atoms with E-state index in [4.69, 9.17) is 0 Å². The first-order valence-corrected chi connectivity index (χ1v) is 8.44. The van der Waals surface area contributed by atoms with Gasteiger partial charge in [-0.2, -0.15) is 5.10 Å². The van der Waals surface area contributed by atoms with Gasteiger partial charge in [-0.1, -0.05) is 20.8 Å². The molecule has 114 valence electrons. The van der Waals surface area contributed by atoms with Crippen molar-refractivity contribution in [2.24, 2.45) is 5.41 Å². The Morgan fingerprint density at radius 1 is 1.35 bits per heavy atom. The van der Waals surface area contributed by atoms with Crippen LogP contribution in [0.4, 0.5) is 0 Å². The van der Waals surface area contributed by atoms with Crippen LogP contribution in [0.15, 0.2) is 4.90 Å². The average Bonchev–Trinajstić information content (AvgIpc) is 3.06. The van der Waals surface area contributed by atoms with Gasteiger partial charge in [0.2, 0.25) is 10.0 Å². The summed E-state index contributed by atoms with van der Waals surface area (Å²) in [4.78, 5) is 0.287. The van der Waals surface area contributed by atoms with E-state index >= 15 is 0 Å². The third-order valence-electron chi connectivity index (χ3n) is 3.16. The summed E-state index contributed by atoms with van der Waals surface area (Å²) >= 11 is 0. The fourth-order valence-corrected chi connectivity index (χ4v) is 3.50. The number of aromatic nitrogens is 2. The predicted molar refractivity (Wildman–Crippen MR) is 77.8 cm³/mol. The Morgan fingerprint density at radius 2 is 2.00 bits per heavy atom. The number of sulfonamides is 1. The Hall–Kier alpha value is -0.920. The van der Waals surface area contributed by atoms with Gasteiger partial charge in [-0.05, 0) is 25.2 Å². The van der Waals surface area contributed by atoms with Crippen molar-refractivity contribution in [3.63, 3.8) is 0 Å². The van der Waals surface area contributed by atoms with Crippen LogP contribution in [0.25, 0.3) is 0 Å². The standard InChI is InChI=1S/C13H24N4O2S/c1-9-12(20(18,19)15-8-13(2,3)4)11(17-16-9)7-14-10-5-6-10/h10,14-15H,5-8H2,1-4H3,(H,16,17). The van der Waals surface area contributed by atoms with Crippen LogP contribution in [0, 0.1) is 12.3 Å². The molecule has 0 bridgehead atoms. The molecule has 1 saturated carbocycles. The topological polar surface area (TPSA) is 86.9 Å². The monoisotopic (exact) mass is 300 g/mol. The van der Waals surface area contributed by atoms with Crippen molar-refractivity contribution >= 4 is 10.0 Å². The highest BCUT2D eigenvalue weighted by Gasteiger charge is 2.27. The summed E-state index contributed by atoms with van der Waals surface area (Å²) < 4.78 is 27.6. The van der Waals surface area contributed by atoms with Crippen LogP contribution in [-0.4, -0.2) is 31.2 Å². The number of nitrogens with one attached hydrogen (secondary N) is 3. The summed E-state index contributed by atoms with van der Waals surface area (Å²) in [6.45, 7) is 8.60. The Balaban J connectivity index is 2.14. The highest BCUT2D eigenvalue weighted by atomic mass is 32.2. The Kier molecular flexibility index (Phi) is 4.22. The molecule has 1 aliphatic rings. The van der Waals surface area contributed by atoms with Crippen LogP contribution >= 0.6 is 0 Å². The van der Waals surface area contributed by atoms with Crippen molar-refractivity contribution in [3.8, 4) is 0 Å². The minimum Gasteiger partial charge on any atom is -0.308 e. The molecule has 0 amide bonds. The first kappa shape index (κ1) is 15.5. The van der Waals surface area contributed by atoms with Crippen molar-refractivity contribution in [1.29, 1.82) is 0 Å². The fraction of sp³-hybridized carbons (Fsp3) is 0.769. The Labute approximate surface area is 120 Å². The van der Waals surface area contributed by atoms with Crippen molar-refractivity contribution < 1.29 is 8.42 Å². The van der Waals surface area contributed by atoms with Crippen molar-refractivity contribution in [2.45, 2.75) is 58.0 Å². The SMILES string of the molecule is Cc1[nH]nc(CNC2CC2)c1S(=O)(=O)NCC(C)(C)C. The number of aryl methyl sites for hydroxylation is 1. The molecular weight excluding hydrogens is 276 g/mol. The molecule has 1 aromatic rings. The first-order valence-electron chi connectivity index (χ1n) is 6.96. The van der Waals surface area contributed by atoms with Gasteiger partial charge in [-0.15, -0.1) is 0 Å². The summed E-state index contributed by atoms with van der Waals surface area (Å²) in [5, 5.41) is 10.2. The number of hydrogen-bond donors (Lipinski definition) is 3. The van der Waals surface area contributed by atoms with Gasteiger partial charge in [0, 0.05) is 19.1 Å². The molecular formula is C13H24N4O2S. The molecule has 1 heterocycles. The van der Waals surface area contributed by atoms with Crippen LogP contribution in [-0.2, 0) is 16.6 Å². The van der Waals surface area contributed by atoms with Gasteiger partial charge >= 0.3 is 0 Å². The van der Waals surface area contributed by atoms with Crippen molar-refractivity contribution in [2.75, 3.05) is 6.54 Å². The second kappa shape index (κ2) is 5.46. The molecule has 1 aromatic heterocycles. The second-order valence-electron chi connectivity index (χ2n) is 6.66. The fourth-order valence-electron chi connectivity index (χ4n) is 1.86. The molecule has 6 nitrogen and oxygen atoms in total. The number of H-pyrrole nitrogens is 1. The molecule has 0 aromatic carbocycles. The lowest BCUT2D eigenvalue weighted by atomic mass is 9.98. The van der Waals surface area contributed by atoms with Gasteiger partial charge in [0.15, 0.2) is 0 Å². The van der Waals surface area contributed by atoms with E-state index in [1.54, 1.807) is 6.92 Å². The molecule has 2 rings (SSSR count). The number of hydrogen-bond acceptors (Lipinski definition) is 4. The minimum atomic E-state index is -3.52. The van der Waals surface area contributed by atoms with E-state index < -0.39 is 10.0 Å². The van der Waals surface area contributed by atoms with Gasteiger partial charge in [0.25, 0.3) is 0 Å². The van der Waals surface area contributed by atoms with Gasteiger partial charge in [-0.3, -0.25) is 5.10 Å². The molecule has 7 heteroatoms. The summed E-state index contributed by atoms with van der Waals surface area (Å²) in [6.07, 6.45) is 2.32. The lowest BCUT2D eigenvalue weighted by Crippen LogP contribution is -2.33. The average molecular weight is 300 g/mol. The van der Waals surface area contributed by atoms with Crippen LogP contribution in [0.1, 0.15) is 45.0 Å². The first-order chi connectivity index (χ1) is 9.19. The van der Waals surface area contributed by atoms with E-state index in [1.165, 1.54) is 0 Å². The van der Waals surface area contributed by atoms with Gasteiger partial charge in [0.1, 0.15) is 4.90 Å². The molecule has 0 radical (unpaired) electrons. The maximum Gasteiger partial charge on any atom is 0.244 e. The van der Waals surface area contributed by atoms with E-state index in [1.807, 2.05) is 20.8 Å². The van der Waals surface area contributed by atoms with Gasteiger partial charge in [0.05, 0.1) is 11.4 Å². The van der Waals surface area contributed by atoms with E-state index in [0.29, 0.717) is 30.5 Å². The lowest BCUT2D eigenvalue weighted by molar-refractivity contribution is 0.407. The van der Waals surface area contributed by atoms with Crippen molar-refractivity contribution in [3.05, 3.63) is 11.4 Å². The Morgan fingerprint density at radius 3 is 2.55 bits per heavy atom. The third kappa shape index (κ3) is 4.04. The Bertz CT molecular complexity index is 568. The molecule has 20 heavy (non-hydrogen) atoms. The van der Waals surface area contributed by atoms with Crippen LogP contribution in [0.3, 0.4) is 0 Å². The van der Waals surface area contributed by atoms with Crippen LogP contribution < -0.4 is 10.0 Å². The summed E-state index contributed by atoms with van der Waals surface area (Å²) in [5.74, 6) is 0. The highest BCUT2D eigenvalue weighted by Crippen LogP contribution is 2.22. The number of aromatic amines is 1. The second-order valence-corrected chi connectivity index (χ2v) is 8.37. The van der Waals surface area contributed by atoms with Gasteiger partial charge < -0.3 is 5.32 Å². The maximum atomic E-state index is 12.4. The number of rotatable bonds is 6. The molecule has 1 fully saturated rings. The zero-order chi connectivity index (χ0) is 15.0. The van der Waals surface area contributed by atoms with E-state index in [2.05, 4.69) is 20.2 Å². The van der Waals surface area contributed by atoms with Crippen molar-refractivity contribution in [1.82, 2.24) is 20.2 Å². The smallest absolute Gasteiger partial charge is 0.244 e. The van der Waals surface area contributed by atoms with E-state index in [0.717, 1.165) is 12.8 Å². The molecule has 0 unspecified atom stereocenters. The summed E-state index contributed by atoms with van der Waals surface area (Å²) in [5.41, 5.74) is 1.05. The molecule has 1 aliphatic carbocycles. The molecule has 0 spiro atoms. The highest BCUT2D eigenvalue weighted by molar-refractivity contribution is 7.89.